The van der Waals surface area contributed by atoms with E-state index >= 15 is 0 Å². The normalized spacial score (nSPS) is 13.6. The summed E-state index contributed by atoms with van der Waals surface area (Å²) in [6, 6.07) is 3.63. The fraction of sp³-hybridized carbons (Fsp3) is 0.562. The fourth-order valence-corrected chi connectivity index (χ4v) is 3.55. The van der Waals surface area contributed by atoms with Crippen LogP contribution in [0.5, 0.6) is 0 Å². The van der Waals surface area contributed by atoms with E-state index in [4.69, 9.17) is 5.73 Å². The van der Waals surface area contributed by atoms with Gasteiger partial charge in [0.1, 0.15) is 0 Å². The van der Waals surface area contributed by atoms with Gasteiger partial charge in [-0.1, -0.05) is 6.07 Å². The largest absolute Gasteiger partial charge is 0.416 e. The minimum absolute atomic E-state index is 0.0212. The molecule has 9 heteroatoms. The zero-order valence-corrected chi connectivity index (χ0v) is 15.4. The van der Waals surface area contributed by atoms with Gasteiger partial charge in [-0.05, 0) is 52.3 Å². The first-order valence-electron chi connectivity index (χ1n) is 7.58. The van der Waals surface area contributed by atoms with Crippen molar-refractivity contribution in [3.05, 3.63) is 29.8 Å². The highest BCUT2D eigenvalue weighted by Gasteiger charge is 2.38. The molecule has 0 unspecified atom stereocenters. The molecule has 0 aliphatic heterocycles. The van der Waals surface area contributed by atoms with Crippen molar-refractivity contribution in [1.29, 1.82) is 0 Å². The van der Waals surface area contributed by atoms with E-state index in [1.54, 1.807) is 0 Å². The molecule has 3 N–H and O–H groups in total. The Balaban J connectivity index is 2.98. The molecule has 0 fully saturated rings. The molecular weight excluding hydrogens is 357 g/mol. The number of alkyl halides is 3. The predicted molar refractivity (Wildman–Crippen MR) is 88.6 cm³/mol. The number of hydrogen-bond donors (Lipinski definition) is 2. The molecule has 1 aromatic carbocycles. The molecule has 0 saturated carbocycles. The summed E-state index contributed by atoms with van der Waals surface area (Å²) in [4.78, 5) is 11.3. The molecule has 0 aromatic heterocycles. The molecular formula is C16H23F3N2O3S. The summed E-state index contributed by atoms with van der Waals surface area (Å²) < 4.78 is 62.4. The quantitative estimate of drug-likeness (QED) is 0.794. The summed E-state index contributed by atoms with van der Waals surface area (Å²) in [6.45, 7) is 5.86. The van der Waals surface area contributed by atoms with E-state index in [2.05, 4.69) is 5.32 Å². The minimum Gasteiger partial charge on any atom is -0.354 e. The summed E-state index contributed by atoms with van der Waals surface area (Å²) in [5.74, 6) is -0.445. The first-order chi connectivity index (χ1) is 11.1. The Morgan fingerprint density at radius 2 is 1.72 bits per heavy atom. The van der Waals surface area contributed by atoms with E-state index in [1.165, 1.54) is 27.7 Å². The van der Waals surface area contributed by atoms with Gasteiger partial charge in [0.25, 0.3) is 0 Å². The van der Waals surface area contributed by atoms with Crippen molar-refractivity contribution in [3.8, 4) is 0 Å². The Bertz CT molecular complexity index is 736. The lowest BCUT2D eigenvalue weighted by molar-refractivity contribution is -0.137. The molecule has 0 atom stereocenters. The molecule has 0 bridgehead atoms. The maximum Gasteiger partial charge on any atom is 0.416 e. The second kappa shape index (κ2) is 6.95. The number of hydrogen-bond acceptors (Lipinski definition) is 4. The molecule has 0 aliphatic carbocycles. The van der Waals surface area contributed by atoms with Crippen molar-refractivity contribution in [2.75, 3.05) is 6.54 Å². The Morgan fingerprint density at radius 1 is 1.16 bits per heavy atom. The summed E-state index contributed by atoms with van der Waals surface area (Å²) in [5, 5.41) is 2.53. The van der Waals surface area contributed by atoms with Gasteiger partial charge in [0.15, 0.2) is 9.84 Å². The molecule has 1 rings (SSSR count). The van der Waals surface area contributed by atoms with Crippen LogP contribution in [0.25, 0.3) is 0 Å². The molecule has 0 saturated heterocycles. The number of rotatable bonds is 6. The van der Waals surface area contributed by atoms with Crippen LogP contribution >= 0.6 is 0 Å². The average molecular weight is 380 g/mol. The number of halogens is 3. The van der Waals surface area contributed by atoms with Gasteiger partial charge in [-0.3, -0.25) is 4.79 Å². The molecule has 0 heterocycles. The van der Waals surface area contributed by atoms with Gasteiger partial charge in [0.05, 0.1) is 20.7 Å². The molecule has 1 aromatic rings. The summed E-state index contributed by atoms with van der Waals surface area (Å²) in [7, 11) is -4.04. The Morgan fingerprint density at radius 3 is 2.20 bits per heavy atom. The lowest BCUT2D eigenvalue weighted by atomic mass is 10.1. The average Bonchev–Trinajstić information content (AvgIpc) is 2.45. The van der Waals surface area contributed by atoms with Crippen molar-refractivity contribution >= 4 is 15.7 Å². The third-order valence-electron chi connectivity index (χ3n) is 3.80. The van der Waals surface area contributed by atoms with Gasteiger partial charge in [0, 0.05) is 6.54 Å². The first-order valence-corrected chi connectivity index (χ1v) is 9.06. The second-order valence-corrected chi connectivity index (χ2v) is 9.60. The van der Waals surface area contributed by atoms with Gasteiger partial charge in [-0.2, -0.15) is 13.2 Å². The van der Waals surface area contributed by atoms with Gasteiger partial charge < -0.3 is 11.1 Å². The van der Waals surface area contributed by atoms with Crippen LogP contribution in [0.4, 0.5) is 13.2 Å². The number of carbonyl (C=O) groups excluding carboxylic acids is 1. The molecule has 1 amide bonds. The van der Waals surface area contributed by atoms with Gasteiger partial charge >= 0.3 is 6.18 Å². The van der Waals surface area contributed by atoms with Gasteiger partial charge in [-0.15, -0.1) is 0 Å². The standard InChI is InChI=1S/C16H23F3N2O3S/c1-14(2,8-9-21-13(22)15(3,4)20)25(23,24)12-7-5-6-11(10-12)16(17,18)19/h5-7,10H,8-9,20H2,1-4H3,(H,21,22). The van der Waals surface area contributed by atoms with Gasteiger partial charge in [0.2, 0.25) is 5.91 Å². The lowest BCUT2D eigenvalue weighted by Crippen LogP contribution is -2.50. The van der Waals surface area contributed by atoms with Crippen molar-refractivity contribution < 1.29 is 26.4 Å². The van der Waals surface area contributed by atoms with Crippen LogP contribution < -0.4 is 11.1 Å². The monoisotopic (exact) mass is 380 g/mol. The SMILES string of the molecule is CC(C)(N)C(=O)NCCC(C)(C)S(=O)(=O)c1cccc(C(F)(F)F)c1. The van der Waals surface area contributed by atoms with Crippen LogP contribution in [0.1, 0.15) is 39.7 Å². The van der Waals surface area contributed by atoms with Crippen LogP contribution in [-0.4, -0.2) is 31.2 Å². The van der Waals surface area contributed by atoms with Crippen LogP contribution in [0.3, 0.4) is 0 Å². The Labute approximate surface area is 145 Å². The maximum atomic E-state index is 12.8. The fourth-order valence-electron chi connectivity index (χ4n) is 2.00. The topological polar surface area (TPSA) is 89.3 Å². The third-order valence-corrected chi connectivity index (χ3v) is 6.33. The van der Waals surface area contributed by atoms with E-state index in [-0.39, 0.29) is 13.0 Å². The highest BCUT2D eigenvalue weighted by atomic mass is 32.2. The number of amides is 1. The van der Waals surface area contributed by atoms with E-state index in [1.807, 2.05) is 0 Å². The van der Waals surface area contributed by atoms with Crippen molar-refractivity contribution in [3.63, 3.8) is 0 Å². The van der Waals surface area contributed by atoms with Crippen molar-refractivity contribution in [2.45, 2.75) is 55.5 Å². The minimum atomic E-state index is -4.63. The van der Waals surface area contributed by atoms with Gasteiger partial charge in [-0.25, -0.2) is 8.42 Å². The number of carbonyl (C=O) groups is 1. The van der Waals surface area contributed by atoms with E-state index in [9.17, 15) is 26.4 Å². The molecule has 142 valence electrons. The van der Waals surface area contributed by atoms with E-state index in [0.29, 0.717) is 6.07 Å². The van der Waals surface area contributed by atoms with Crippen LogP contribution in [-0.2, 0) is 20.8 Å². The number of nitrogens with one attached hydrogen (secondary N) is 1. The summed E-state index contributed by atoms with van der Waals surface area (Å²) >= 11 is 0. The smallest absolute Gasteiger partial charge is 0.354 e. The van der Waals surface area contributed by atoms with Crippen molar-refractivity contribution in [2.24, 2.45) is 5.73 Å². The highest BCUT2D eigenvalue weighted by molar-refractivity contribution is 7.92. The molecule has 0 radical (unpaired) electrons. The first kappa shape index (κ1) is 21.4. The molecule has 0 aliphatic rings. The second-order valence-electron chi connectivity index (χ2n) is 7.02. The van der Waals surface area contributed by atoms with E-state index < -0.39 is 42.7 Å². The lowest BCUT2D eigenvalue weighted by Gasteiger charge is -2.26. The molecule has 0 spiro atoms. The number of nitrogens with two attached hydrogens (primary N) is 1. The Hall–Kier alpha value is -1.61. The van der Waals surface area contributed by atoms with Crippen LogP contribution in [0.15, 0.2) is 29.2 Å². The highest BCUT2D eigenvalue weighted by Crippen LogP contribution is 2.33. The van der Waals surface area contributed by atoms with Crippen molar-refractivity contribution in [1.82, 2.24) is 5.32 Å². The predicted octanol–water partition coefficient (Wildman–Crippen LogP) is 2.50. The summed E-state index contributed by atoms with van der Waals surface area (Å²) in [6.07, 6.45) is -4.61. The zero-order valence-electron chi connectivity index (χ0n) is 14.6. The molecule has 5 nitrogen and oxygen atoms in total. The van der Waals surface area contributed by atoms with Crippen LogP contribution in [0, 0.1) is 0 Å². The number of benzene rings is 1. The Kier molecular flexibility index (Phi) is 5.96. The van der Waals surface area contributed by atoms with E-state index in [0.717, 1.165) is 18.2 Å². The summed E-state index contributed by atoms with van der Waals surface area (Å²) in [5.41, 5.74) is 3.49. The maximum absolute atomic E-state index is 12.8. The van der Waals surface area contributed by atoms with Crippen LogP contribution in [0.2, 0.25) is 0 Å². The third kappa shape index (κ3) is 5.18. The number of sulfone groups is 1. The zero-order chi connectivity index (χ0) is 19.7. The molecule has 25 heavy (non-hydrogen) atoms.